The molecular formula is C16H24N2O3. The van der Waals surface area contributed by atoms with Crippen LogP contribution in [0.2, 0.25) is 0 Å². The van der Waals surface area contributed by atoms with E-state index < -0.39 is 0 Å². The smallest absolute Gasteiger partial charge is 0.136 e. The molecule has 0 fully saturated rings. The van der Waals surface area contributed by atoms with Crippen molar-refractivity contribution in [3.63, 3.8) is 0 Å². The van der Waals surface area contributed by atoms with E-state index in [0.29, 0.717) is 24.5 Å². The minimum atomic E-state index is 0.573. The maximum Gasteiger partial charge on any atom is 0.136 e. The SMILES string of the molecule is COCCOCCCCNCc1ccc(OC)c(C#N)c1. The van der Waals surface area contributed by atoms with Gasteiger partial charge in [-0.15, -0.1) is 0 Å². The maximum atomic E-state index is 9.03. The highest BCUT2D eigenvalue weighted by atomic mass is 16.5. The number of hydrogen-bond donors (Lipinski definition) is 1. The Balaban J connectivity index is 2.14. The summed E-state index contributed by atoms with van der Waals surface area (Å²) in [6.45, 7) is 3.76. The molecule has 0 radical (unpaired) electrons. The quantitative estimate of drug-likeness (QED) is 0.633. The molecule has 116 valence electrons. The van der Waals surface area contributed by atoms with Crippen molar-refractivity contribution in [2.24, 2.45) is 0 Å². The Morgan fingerprint density at radius 2 is 2.00 bits per heavy atom. The van der Waals surface area contributed by atoms with Gasteiger partial charge in [0.25, 0.3) is 0 Å². The molecule has 5 nitrogen and oxygen atoms in total. The van der Waals surface area contributed by atoms with Gasteiger partial charge in [0.05, 0.1) is 25.9 Å². The molecule has 5 heteroatoms. The molecule has 0 aliphatic heterocycles. The van der Waals surface area contributed by atoms with Crippen LogP contribution in [0.4, 0.5) is 0 Å². The van der Waals surface area contributed by atoms with Gasteiger partial charge in [0.2, 0.25) is 0 Å². The van der Waals surface area contributed by atoms with Crippen LogP contribution in [-0.2, 0) is 16.0 Å². The van der Waals surface area contributed by atoms with Crippen LogP contribution in [0.5, 0.6) is 5.75 Å². The Bertz CT molecular complexity index is 444. The summed E-state index contributed by atoms with van der Waals surface area (Å²) >= 11 is 0. The van der Waals surface area contributed by atoms with Gasteiger partial charge in [-0.25, -0.2) is 0 Å². The molecule has 0 saturated carbocycles. The van der Waals surface area contributed by atoms with Crippen LogP contribution >= 0.6 is 0 Å². The summed E-state index contributed by atoms with van der Waals surface area (Å²) in [6.07, 6.45) is 2.09. The zero-order valence-corrected chi connectivity index (χ0v) is 12.9. The zero-order valence-electron chi connectivity index (χ0n) is 12.9. The Morgan fingerprint density at radius 3 is 2.71 bits per heavy atom. The number of hydrogen-bond acceptors (Lipinski definition) is 5. The third-order valence-electron chi connectivity index (χ3n) is 3.04. The van der Waals surface area contributed by atoms with E-state index in [4.69, 9.17) is 19.5 Å². The summed E-state index contributed by atoms with van der Waals surface area (Å²) in [6, 6.07) is 7.81. The molecule has 0 amide bonds. The lowest BCUT2D eigenvalue weighted by molar-refractivity contribution is 0.0688. The molecule has 0 aromatic heterocycles. The first-order chi connectivity index (χ1) is 10.3. The summed E-state index contributed by atoms with van der Waals surface area (Å²) in [5, 5.41) is 12.4. The van der Waals surface area contributed by atoms with Gasteiger partial charge >= 0.3 is 0 Å². The molecule has 0 aliphatic carbocycles. The number of ether oxygens (including phenoxy) is 3. The van der Waals surface area contributed by atoms with E-state index in [0.717, 1.165) is 38.1 Å². The van der Waals surface area contributed by atoms with Crippen molar-refractivity contribution in [3.8, 4) is 11.8 Å². The monoisotopic (exact) mass is 292 g/mol. The first-order valence-electron chi connectivity index (χ1n) is 7.16. The Hall–Kier alpha value is -1.61. The van der Waals surface area contributed by atoms with Crippen molar-refractivity contribution >= 4 is 0 Å². The fourth-order valence-corrected chi connectivity index (χ4v) is 1.88. The van der Waals surface area contributed by atoms with Crippen LogP contribution in [0, 0.1) is 11.3 Å². The van der Waals surface area contributed by atoms with Gasteiger partial charge in [-0.05, 0) is 37.1 Å². The lowest BCUT2D eigenvalue weighted by Gasteiger charge is -2.08. The van der Waals surface area contributed by atoms with Gasteiger partial charge in [-0.2, -0.15) is 5.26 Å². The van der Waals surface area contributed by atoms with Crippen molar-refractivity contribution in [2.45, 2.75) is 19.4 Å². The van der Waals surface area contributed by atoms with E-state index in [1.165, 1.54) is 0 Å². The topological polar surface area (TPSA) is 63.5 Å². The molecule has 0 atom stereocenters. The predicted molar refractivity (Wildman–Crippen MR) is 81.3 cm³/mol. The summed E-state index contributed by atoms with van der Waals surface area (Å²) in [4.78, 5) is 0. The van der Waals surface area contributed by atoms with Crippen LogP contribution < -0.4 is 10.1 Å². The van der Waals surface area contributed by atoms with Gasteiger partial charge in [-0.1, -0.05) is 6.07 Å². The first-order valence-corrected chi connectivity index (χ1v) is 7.16. The van der Waals surface area contributed by atoms with E-state index in [1.807, 2.05) is 18.2 Å². The normalized spacial score (nSPS) is 10.3. The second kappa shape index (κ2) is 11.1. The molecule has 21 heavy (non-hydrogen) atoms. The Morgan fingerprint density at radius 1 is 1.14 bits per heavy atom. The lowest BCUT2D eigenvalue weighted by atomic mass is 10.1. The van der Waals surface area contributed by atoms with Crippen molar-refractivity contribution in [2.75, 3.05) is 40.6 Å². The van der Waals surface area contributed by atoms with E-state index in [2.05, 4.69) is 11.4 Å². The van der Waals surface area contributed by atoms with E-state index in [9.17, 15) is 0 Å². The number of nitrogens with one attached hydrogen (secondary N) is 1. The fraction of sp³-hybridized carbons (Fsp3) is 0.562. The Labute approximate surface area is 126 Å². The molecule has 0 aliphatic rings. The molecule has 0 saturated heterocycles. The van der Waals surface area contributed by atoms with Gasteiger partial charge in [0, 0.05) is 20.3 Å². The van der Waals surface area contributed by atoms with E-state index >= 15 is 0 Å². The van der Waals surface area contributed by atoms with Gasteiger partial charge in [-0.3, -0.25) is 0 Å². The second-order valence-corrected chi connectivity index (χ2v) is 4.64. The highest BCUT2D eigenvalue weighted by molar-refractivity contribution is 5.45. The van der Waals surface area contributed by atoms with Crippen molar-refractivity contribution < 1.29 is 14.2 Å². The Kier molecular flexibility index (Phi) is 9.21. The molecule has 1 aromatic rings. The summed E-state index contributed by atoms with van der Waals surface area (Å²) in [5.41, 5.74) is 1.66. The first kappa shape index (κ1) is 17.4. The highest BCUT2D eigenvalue weighted by Crippen LogP contribution is 2.18. The number of methoxy groups -OCH3 is 2. The molecule has 0 heterocycles. The van der Waals surface area contributed by atoms with Crippen LogP contribution in [0.3, 0.4) is 0 Å². The minimum Gasteiger partial charge on any atom is -0.495 e. The van der Waals surface area contributed by atoms with Crippen LogP contribution in [0.25, 0.3) is 0 Å². The molecular weight excluding hydrogens is 268 g/mol. The number of unbranched alkanes of at least 4 members (excludes halogenated alkanes) is 1. The van der Waals surface area contributed by atoms with Crippen molar-refractivity contribution in [3.05, 3.63) is 29.3 Å². The summed E-state index contributed by atoms with van der Waals surface area (Å²) < 4.78 is 15.4. The summed E-state index contributed by atoms with van der Waals surface area (Å²) in [7, 11) is 3.24. The molecule has 0 bridgehead atoms. The number of benzene rings is 1. The average molecular weight is 292 g/mol. The van der Waals surface area contributed by atoms with Crippen molar-refractivity contribution in [1.82, 2.24) is 5.32 Å². The predicted octanol–water partition coefficient (Wildman–Crippen LogP) is 2.10. The molecule has 0 unspecified atom stereocenters. The maximum absolute atomic E-state index is 9.03. The number of nitrogens with zero attached hydrogens (tertiary/aromatic N) is 1. The largest absolute Gasteiger partial charge is 0.495 e. The second-order valence-electron chi connectivity index (χ2n) is 4.64. The van der Waals surface area contributed by atoms with E-state index in [-0.39, 0.29) is 0 Å². The van der Waals surface area contributed by atoms with Gasteiger partial charge in [0.15, 0.2) is 0 Å². The molecule has 1 aromatic carbocycles. The van der Waals surface area contributed by atoms with Crippen molar-refractivity contribution in [1.29, 1.82) is 5.26 Å². The standard InChI is InChI=1S/C16H24N2O3/c1-19-9-10-21-8-4-3-7-18-13-14-5-6-16(20-2)15(11-14)12-17/h5-6,11,18H,3-4,7-10,13H2,1-2H3. The van der Waals surface area contributed by atoms with Crippen LogP contribution in [0.15, 0.2) is 18.2 Å². The van der Waals surface area contributed by atoms with E-state index in [1.54, 1.807) is 14.2 Å². The van der Waals surface area contributed by atoms with Gasteiger partial charge < -0.3 is 19.5 Å². The number of rotatable bonds is 11. The lowest BCUT2D eigenvalue weighted by Crippen LogP contribution is -2.15. The van der Waals surface area contributed by atoms with Crippen LogP contribution in [-0.4, -0.2) is 40.6 Å². The molecule has 1 N–H and O–H groups in total. The zero-order chi connectivity index (χ0) is 15.3. The average Bonchev–Trinajstić information content (AvgIpc) is 2.53. The van der Waals surface area contributed by atoms with Crippen LogP contribution in [0.1, 0.15) is 24.0 Å². The highest BCUT2D eigenvalue weighted by Gasteiger charge is 2.03. The minimum absolute atomic E-state index is 0.573. The van der Waals surface area contributed by atoms with Gasteiger partial charge in [0.1, 0.15) is 11.8 Å². The molecule has 1 rings (SSSR count). The number of nitriles is 1. The summed E-state index contributed by atoms with van der Waals surface area (Å²) in [5.74, 6) is 0.620. The third kappa shape index (κ3) is 7.09. The third-order valence-corrected chi connectivity index (χ3v) is 3.04. The fourth-order valence-electron chi connectivity index (χ4n) is 1.88. The molecule has 0 spiro atoms.